The zero-order valence-corrected chi connectivity index (χ0v) is 16.3. The van der Waals surface area contributed by atoms with Gasteiger partial charge >= 0.3 is 0 Å². The molecule has 0 bridgehead atoms. The number of guanidine groups is 1. The first kappa shape index (κ1) is 20.0. The summed E-state index contributed by atoms with van der Waals surface area (Å²) in [5.74, 6) is 1.42. The van der Waals surface area contributed by atoms with Gasteiger partial charge in [-0.15, -0.1) is 0 Å². The molecule has 0 aromatic heterocycles. The number of nitrogens with one attached hydrogen (secondary N) is 2. The van der Waals surface area contributed by atoms with Gasteiger partial charge in [0, 0.05) is 39.7 Å². The Bertz CT molecular complexity index is 643. The molecule has 1 aliphatic heterocycles. The van der Waals surface area contributed by atoms with Crippen molar-refractivity contribution < 1.29 is 14.3 Å². The second kappa shape index (κ2) is 8.89. The van der Waals surface area contributed by atoms with Crippen molar-refractivity contribution in [2.45, 2.75) is 31.9 Å². The van der Waals surface area contributed by atoms with Gasteiger partial charge in [0.1, 0.15) is 12.3 Å². The van der Waals surface area contributed by atoms with Gasteiger partial charge in [0.25, 0.3) is 0 Å². The van der Waals surface area contributed by atoms with E-state index in [1.54, 1.807) is 21.2 Å². The number of methoxy groups -OCH3 is 1. The molecule has 1 aromatic rings. The zero-order valence-electron chi connectivity index (χ0n) is 16.3. The third kappa shape index (κ3) is 5.62. The largest absolute Gasteiger partial charge is 0.493 e. The number of amides is 1. The van der Waals surface area contributed by atoms with Crippen LogP contribution < -0.4 is 15.4 Å². The molecular weight excluding hydrogens is 332 g/mol. The van der Waals surface area contributed by atoms with Crippen LogP contribution in [0.4, 0.5) is 0 Å². The molecule has 1 unspecified atom stereocenters. The molecule has 0 saturated carbocycles. The number of rotatable bonds is 6. The molecule has 0 radical (unpaired) electrons. The van der Waals surface area contributed by atoms with Crippen molar-refractivity contribution in [3.8, 4) is 5.75 Å². The predicted octanol–water partition coefficient (Wildman–Crippen LogP) is 1.56. The van der Waals surface area contributed by atoms with E-state index in [1.807, 2.05) is 38.1 Å². The van der Waals surface area contributed by atoms with Gasteiger partial charge in [-0.3, -0.25) is 4.79 Å². The third-order valence-electron chi connectivity index (χ3n) is 4.37. The number of ether oxygens (including phenoxy) is 2. The van der Waals surface area contributed by atoms with Crippen molar-refractivity contribution >= 4 is 11.9 Å². The van der Waals surface area contributed by atoms with E-state index in [0.29, 0.717) is 19.1 Å². The monoisotopic (exact) mass is 362 g/mol. The minimum atomic E-state index is -0.346. The molecule has 1 amide bonds. The van der Waals surface area contributed by atoms with Crippen molar-refractivity contribution in [3.05, 3.63) is 29.8 Å². The van der Waals surface area contributed by atoms with Crippen molar-refractivity contribution in [3.63, 3.8) is 0 Å². The van der Waals surface area contributed by atoms with Crippen molar-refractivity contribution in [2.24, 2.45) is 4.99 Å². The van der Waals surface area contributed by atoms with Crippen LogP contribution in [0.2, 0.25) is 0 Å². The van der Waals surface area contributed by atoms with E-state index in [9.17, 15) is 4.79 Å². The lowest BCUT2D eigenvalue weighted by atomic mass is 10.0. The molecule has 2 rings (SSSR count). The van der Waals surface area contributed by atoms with Gasteiger partial charge in [-0.1, -0.05) is 18.2 Å². The van der Waals surface area contributed by atoms with E-state index in [4.69, 9.17) is 9.47 Å². The van der Waals surface area contributed by atoms with Crippen LogP contribution in [-0.2, 0) is 9.53 Å². The van der Waals surface area contributed by atoms with E-state index in [1.165, 1.54) is 4.90 Å². The first-order valence-corrected chi connectivity index (χ1v) is 8.84. The van der Waals surface area contributed by atoms with E-state index < -0.39 is 0 Å². The van der Waals surface area contributed by atoms with Crippen LogP contribution in [0, 0.1) is 0 Å². The average Bonchev–Trinajstić information content (AvgIpc) is 2.63. The summed E-state index contributed by atoms with van der Waals surface area (Å²) in [6.07, 6.45) is 0.826. The fourth-order valence-corrected chi connectivity index (χ4v) is 2.47. The van der Waals surface area contributed by atoms with Gasteiger partial charge < -0.3 is 25.0 Å². The van der Waals surface area contributed by atoms with Gasteiger partial charge in [0.15, 0.2) is 5.96 Å². The highest BCUT2D eigenvalue weighted by Crippen LogP contribution is 2.31. The Hall–Kier alpha value is -2.28. The molecule has 1 heterocycles. The van der Waals surface area contributed by atoms with Gasteiger partial charge in [-0.05, 0) is 19.9 Å². The molecule has 1 atom stereocenters. The van der Waals surface area contributed by atoms with Gasteiger partial charge in [-0.25, -0.2) is 4.99 Å². The summed E-state index contributed by atoms with van der Waals surface area (Å²) in [5, 5.41) is 6.72. The number of nitrogens with zero attached hydrogens (tertiary/aromatic N) is 2. The summed E-state index contributed by atoms with van der Waals surface area (Å²) < 4.78 is 11.2. The topological polar surface area (TPSA) is 75.2 Å². The number of hydrogen-bond acceptors (Lipinski definition) is 4. The Balaban J connectivity index is 2.13. The molecule has 2 N–H and O–H groups in total. The first-order chi connectivity index (χ1) is 12.3. The quantitative estimate of drug-likeness (QED) is 0.593. The van der Waals surface area contributed by atoms with Crippen molar-refractivity contribution in [2.75, 3.05) is 40.9 Å². The summed E-state index contributed by atoms with van der Waals surface area (Å²) >= 11 is 0. The van der Waals surface area contributed by atoms with Crippen LogP contribution in [-0.4, -0.2) is 63.3 Å². The number of likely N-dealkylation sites (N-methyl/N-ethyl adjacent to an activating group) is 1. The molecule has 0 aliphatic carbocycles. The smallest absolute Gasteiger partial charge is 0.243 e. The molecule has 1 aromatic carbocycles. The molecule has 0 spiro atoms. The summed E-state index contributed by atoms with van der Waals surface area (Å²) in [7, 11) is 5.12. The molecule has 0 saturated heterocycles. The van der Waals surface area contributed by atoms with Crippen LogP contribution in [0.1, 0.15) is 31.9 Å². The van der Waals surface area contributed by atoms with Crippen molar-refractivity contribution in [1.29, 1.82) is 0 Å². The summed E-state index contributed by atoms with van der Waals surface area (Å²) in [6, 6.07) is 8.05. The Kier molecular flexibility index (Phi) is 6.85. The Morgan fingerprint density at radius 1 is 1.38 bits per heavy atom. The van der Waals surface area contributed by atoms with E-state index in [0.717, 1.165) is 17.7 Å². The third-order valence-corrected chi connectivity index (χ3v) is 4.37. The lowest BCUT2D eigenvalue weighted by Crippen LogP contribution is -2.47. The zero-order chi connectivity index (χ0) is 19.2. The second-order valence-electron chi connectivity index (χ2n) is 7.14. The number of para-hydroxylation sites is 1. The van der Waals surface area contributed by atoms with Crippen molar-refractivity contribution in [1.82, 2.24) is 15.5 Å². The fourth-order valence-electron chi connectivity index (χ4n) is 2.47. The van der Waals surface area contributed by atoms with Gasteiger partial charge in [-0.2, -0.15) is 0 Å². The Morgan fingerprint density at radius 2 is 2.12 bits per heavy atom. The summed E-state index contributed by atoms with van der Waals surface area (Å²) in [5.41, 5.74) is 0.750. The predicted molar refractivity (Wildman–Crippen MR) is 103 cm³/mol. The minimum Gasteiger partial charge on any atom is -0.493 e. The normalized spacial score (nSPS) is 17.1. The molecule has 1 aliphatic rings. The SMILES string of the molecule is COC(C)(C)CNC(=NCC(=O)N(C)C)NC1CCOc2ccccc21. The fraction of sp³-hybridized carbons (Fsp3) is 0.579. The molecule has 7 heteroatoms. The number of aliphatic imine (C=N–C) groups is 1. The highest BCUT2D eigenvalue weighted by molar-refractivity contribution is 5.85. The maximum Gasteiger partial charge on any atom is 0.243 e. The molecule has 26 heavy (non-hydrogen) atoms. The number of hydrogen-bond donors (Lipinski definition) is 2. The maximum atomic E-state index is 11.9. The molecular formula is C19H30N4O3. The number of benzene rings is 1. The van der Waals surface area contributed by atoms with E-state index >= 15 is 0 Å². The number of carbonyl (C=O) groups excluding carboxylic acids is 1. The van der Waals surface area contributed by atoms with Crippen LogP contribution in [0.15, 0.2) is 29.3 Å². The summed E-state index contributed by atoms with van der Waals surface area (Å²) in [6.45, 7) is 5.28. The van der Waals surface area contributed by atoms with Crippen LogP contribution >= 0.6 is 0 Å². The lowest BCUT2D eigenvalue weighted by molar-refractivity contribution is -0.127. The Labute approximate surface area is 155 Å². The highest BCUT2D eigenvalue weighted by Gasteiger charge is 2.23. The van der Waals surface area contributed by atoms with Crippen LogP contribution in [0.5, 0.6) is 5.75 Å². The molecule has 7 nitrogen and oxygen atoms in total. The molecule has 0 fully saturated rings. The lowest BCUT2D eigenvalue weighted by Gasteiger charge is -2.30. The highest BCUT2D eigenvalue weighted by atomic mass is 16.5. The summed E-state index contributed by atoms with van der Waals surface area (Å²) in [4.78, 5) is 17.9. The van der Waals surface area contributed by atoms with Gasteiger partial charge in [0.05, 0.1) is 18.2 Å². The minimum absolute atomic E-state index is 0.0514. The van der Waals surface area contributed by atoms with E-state index in [-0.39, 0.29) is 24.1 Å². The van der Waals surface area contributed by atoms with Gasteiger partial charge in [0.2, 0.25) is 5.91 Å². The maximum absolute atomic E-state index is 11.9. The molecule has 144 valence electrons. The first-order valence-electron chi connectivity index (χ1n) is 8.84. The Morgan fingerprint density at radius 3 is 2.81 bits per heavy atom. The van der Waals surface area contributed by atoms with Crippen LogP contribution in [0.3, 0.4) is 0 Å². The number of fused-ring (bicyclic) bond motifs is 1. The van der Waals surface area contributed by atoms with E-state index in [2.05, 4.69) is 15.6 Å². The average molecular weight is 362 g/mol. The number of carbonyl (C=O) groups is 1. The second-order valence-corrected chi connectivity index (χ2v) is 7.14. The standard InChI is InChI=1S/C19H30N4O3/c1-19(2,25-5)13-21-18(20-12-17(24)23(3)4)22-15-10-11-26-16-9-7-6-8-14(15)16/h6-9,15H,10-13H2,1-5H3,(H2,20,21,22). The van der Waals surface area contributed by atoms with Crippen LogP contribution in [0.25, 0.3) is 0 Å².